The molecule has 1 aromatic heterocycles. The Labute approximate surface area is 95.3 Å². The van der Waals surface area contributed by atoms with Crippen molar-refractivity contribution in [1.29, 1.82) is 0 Å². The fourth-order valence-corrected chi connectivity index (χ4v) is 1.46. The van der Waals surface area contributed by atoms with Crippen molar-refractivity contribution in [2.24, 2.45) is 0 Å². The molecule has 1 heterocycles. The largest absolute Gasteiger partial charge is 0.378 e. The van der Waals surface area contributed by atoms with E-state index in [-0.39, 0.29) is 0 Å². The van der Waals surface area contributed by atoms with Gasteiger partial charge in [-0.05, 0) is 24.3 Å². The Balaban J connectivity index is 1.95. The van der Waals surface area contributed by atoms with Gasteiger partial charge in [-0.25, -0.2) is 4.98 Å². The lowest BCUT2D eigenvalue weighted by atomic mass is 10.2. The van der Waals surface area contributed by atoms with Crippen LogP contribution < -0.4 is 10.2 Å². The zero-order chi connectivity index (χ0) is 11.4. The first-order valence-corrected chi connectivity index (χ1v) is 5.25. The van der Waals surface area contributed by atoms with Crippen molar-refractivity contribution < 1.29 is 0 Å². The Morgan fingerprint density at radius 3 is 2.56 bits per heavy atom. The fraction of sp³-hybridized carbons (Fsp3) is 0.250. The van der Waals surface area contributed by atoms with Crippen molar-refractivity contribution in [1.82, 2.24) is 9.97 Å². The molecule has 0 saturated heterocycles. The number of aromatic amines is 1. The van der Waals surface area contributed by atoms with Crippen molar-refractivity contribution in [3.05, 3.63) is 42.5 Å². The monoisotopic (exact) mass is 216 g/mol. The molecule has 0 radical (unpaired) electrons. The molecule has 4 heteroatoms. The van der Waals surface area contributed by atoms with Gasteiger partial charge in [-0.15, -0.1) is 0 Å². The lowest BCUT2D eigenvalue weighted by Crippen LogP contribution is -2.08. The third-order valence-corrected chi connectivity index (χ3v) is 2.40. The average Bonchev–Trinajstić information content (AvgIpc) is 2.80. The zero-order valence-corrected chi connectivity index (χ0v) is 9.57. The maximum absolute atomic E-state index is 4.15. The number of hydrogen-bond acceptors (Lipinski definition) is 3. The zero-order valence-electron chi connectivity index (χ0n) is 9.57. The van der Waals surface area contributed by atoms with Gasteiger partial charge in [-0.1, -0.05) is 0 Å². The van der Waals surface area contributed by atoms with Crippen LogP contribution in [0.4, 0.5) is 11.4 Å². The van der Waals surface area contributed by atoms with Crippen LogP contribution in [0.3, 0.4) is 0 Å². The van der Waals surface area contributed by atoms with E-state index in [0.717, 1.165) is 11.5 Å². The first-order valence-electron chi connectivity index (χ1n) is 5.25. The third-order valence-electron chi connectivity index (χ3n) is 2.40. The molecule has 0 aliphatic heterocycles. The number of hydrogen-bond donors (Lipinski definition) is 2. The molecule has 2 rings (SSSR count). The second-order valence-electron chi connectivity index (χ2n) is 3.83. The molecule has 0 fully saturated rings. The van der Waals surface area contributed by atoms with Crippen molar-refractivity contribution in [3.63, 3.8) is 0 Å². The summed E-state index contributed by atoms with van der Waals surface area (Å²) in [5, 5.41) is 3.30. The molecule has 0 atom stereocenters. The Kier molecular flexibility index (Phi) is 3.10. The minimum atomic E-state index is 0.717. The van der Waals surface area contributed by atoms with Crippen molar-refractivity contribution in [3.8, 4) is 0 Å². The minimum absolute atomic E-state index is 0.717. The molecule has 84 valence electrons. The van der Waals surface area contributed by atoms with Crippen LogP contribution in [0, 0.1) is 0 Å². The van der Waals surface area contributed by atoms with E-state index < -0.39 is 0 Å². The summed E-state index contributed by atoms with van der Waals surface area (Å²) in [6.07, 6.45) is 3.58. The Hall–Kier alpha value is -1.97. The number of nitrogens with zero attached hydrogens (tertiary/aromatic N) is 2. The molecule has 4 nitrogen and oxygen atoms in total. The van der Waals surface area contributed by atoms with Crippen LogP contribution in [-0.2, 0) is 6.54 Å². The Morgan fingerprint density at radius 2 is 2.00 bits per heavy atom. The summed E-state index contributed by atoms with van der Waals surface area (Å²) in [5.41, 5.74) is 2.30. The van der Waals surface area contributed by atoms with Gasteiger partial charge in [0.05, 0.1) is 6.54 Å². The van der Waals surface area contributed by atoms with Crippen LogP contribution in [0.1, 0.15) is 5.82 Å². The summed E-state index contributed by atoms with van der Waals surface area (Å²) < 4.78 is 0. The van der Waals surface area contributed by atoms with Crippen LogP contribution in [-0.4, -0.2) is 24.1 Å². The predicted octanol–water partition coefficient (Wildman–Crippen LogP) is 2.09. The maximum atomic E-state index is 4.15. The first kappa shape index (κ1) is 10.5. The van der Waals surface area contributed by atoms with E-state index in [2.05, 4.69) is 44.5 Å². The smallest absolute Gasteiger partial charge is 0.125 e. The van der Waals surface area contributed by atoms with Gasteiger partial charge in [0, 0.05) is 37.9 Å². The quantitative estimate of drug-likeness (QED) is 0.822. The highest BCUT2D eigenvalue weighted by Crippen LogP contribution is 2.15. The predicted molar refractivity (Wildman–Crippen MR) is 66.7 cm³/mol. The summed E-state index contributed by atoms with van der Waals surface area (Å²) in [5.74, 6) is 0.941. The average molecular weight is 216 g/mol. The second-order valence-corrected chi connectivity index (χ2v) is 3.83. The van der Waals surface area contributed by atoms with E-state index in [9.17, 15) is 0 Å². The topological polar surface area (TPSA) is 44.0 Å². The summed E-state index contributed by atoms with van der Waals surface area (Å²) >= 11 is 0. The molecule has 0 saturated carbocycles. The van der Waals surface area contributed by atoms with E-state index in [4.69, 9.17) is 0 Å². The summed E-state index contributed by atoms with van der Waals surface area (Å²) in [6, 6.07) is 8.31. The Bertz CT molecular complexity index is 417. The molecule has 0 bridgehead atoms. The number of imidazole rings is 1. The minimum Gasteiger partial charge on any atom is -0.378 e. The normalized spacial score (nSPS) is 10.1. The molecular formula is C12H16N4. The van der Waals surface area contributed by atoms with Crippen LogP contribution in [0.2, 0.25) is 0 Å². The molecule has 0 aliphatic carbocycles. The second kappa shape index (κ2) is 4.70. The molecule has 0 unspecified atom stereocenters. The Morgan fingerprint density at radius 1 is 1.25 bits per heavy atom. The summed E-state index contributed by atoms with van der Waals surface area (Å²) in [7, 11) is 4.07. The first-order chi connectivity index (χ1) is 7.75. The molecular weight excluding hydrogens is 200 g/mol. The van der Waals surface area contributed by atoms with E-state index in [1.165, 1.54) is 5.69 Å². The lowest BCUT2D eigenvalue weighted by Gasteiger charge is -2.13. The SMILES string of the molecule is CN(C)c1ccc(NCc2ncc[nH]2)cc1. The number of H-pyrrole nitrogens is 1. The number of aromatic nitrogens is 2. The lowest BCUT2D eigenvalue weighted by molar-refractivity contribution is 1.000. The summed E-state index contributed by atoms with van der Waals surface area (Å²) in [6.45, 7) is 0.717. The van der Waals surface area contributed by atoms with Gasteiger partial charge in [0.2, 0.25) is 0 Å². The number of nitrogens with one attached hydrogen (secondary N) is 2. The maximum Gasteiger partial charge on any atom is 0.125 e. The van der Waals surface area contributed by atoms with E-state index >= 15 is 0 Å². The molecule has 0 spiro atoms. The van der Waals surface area contributed by atoms with Crippen LogP contribution >= 0.6 is 0 Å². The van der Waals surface area contributed by atoms with Crippen LogP contribution in [0.15, 0.2) is 36.7 Å². The molecule has 16 heavy (non-hydrogen) atoms. The standard InChI is InChI=1S/C12H16N4/c1-16(2)11-5-3-10(4-6-11)15-9-12-13-7-8-14-12/h3-8,15H,9H2,1-2H3,(H,13,14). The van der Waals surface area contributed by atoms with Gasteiger partial charge in [0.1, 0.15) is 5.82 Å². The van der Waals surface area contributed by atoms with Gasteiger partial charge in [-0.3, -0.25) is 0 Å². The molecule has 1 aromatic carbocycles. The molecule has 2 aromatic rings. The van der Waals surface area contributed by atoms with E-state index in [1.807, 2.05) is 20.3 Å². The number of benzene rings is 1. The fourth-order valence-electron chi connectivity index (χ4n) is 1.46. The third kappa shape index (κ3) is 2.53. The molecule has 0 amide bonds. The van der Waals surface area contributed by atoms with Crippen molar-refractivity contribution >= 4 is 11.4 Å². The molecule has 0 aliphatic rings. The van der Waals surface area contributed by atoms with Gasteiger partial charge < -0.3 is 15.2 Å². The highest BCUT2D eigenvalue weighted by atomic mass is 15.1. The molecule has 2 N–H and O–H groups in total. The number of anilines is 2. The van der Waals surface area contributed by atoms with Gasteiger partial charge in [0.15, 0.2) is 0 Å². The highest BCUT2D eigenvalue weighted by Gasteiger charge is 1.97. The van der Waals surface area contributed by atoms with Gasteiger partial charge in [-0.2, -0.15) is 0 Å². The number of rotatable bonds is 4. The van der Waals surface area contributed by atoms with Gasteiger partial charge >= 0.3 is 0 Å². The van der Waals surface area contributed by atoms with Crippen LogP contribution in [0.5, 0.6) is 0 Å². The summed E-state index contributed by atoms with van der Waals surface area (Å²) in [4.78, 5) is 9.29. The van der Waals surface area contributed by atoms with Crippen LogP contribution in [0.25, 0.3) is 0 Å². The highest BCUT2D eigenvalue weighted by molar-refractivity contribution is 5.54. The van der Waals surface area contributed by atoms with Gasteiger partial charge in [0.25, 0.3) is 0 Å². The van der Waals surface area contributed by atoms with E-state index in [1.54, 1.807) is 6.20 Å². The van der Waals surface area contributed by atoms with Crippen molar-refractivity contribution in [2.45, 2.75) is 6.54 Å². The van der Waals surface area contributed by atoms with E-state index in [0.29, 0.717) is 6.54 Å². The van der Waals surface area contributed by atoms with Crippen molar-refractivity contribution in [2.75, 3.05) is 24.3 Å².